The lowest BCUT2D eigenvalue weighted by molar-refractivity contribution is -0.131. The number of hydrogen-bond acceptors (Lipinski definition) is 3. The normalized spacial score (nSPS) is 18.5. The fourth-order valence-corrected chi connectivity index (χ4v) is 4.95. The third-order valence-corrected chi connectivity index (χ3v) is 6.71. The van der Waals surface area contributed by atoms with Crippen LogP contribution in [0, 0.1) is 11.2 Å². The molecule has 1 saturated heterocycles. The number of nitrogens with zero attached hydrogens (tertiary/aromatic N) is 1. The molecule has 0 spiro atoms. The number of primary amides is 1. The Morgan fingerprint density at radius 3 is 2.67 bits per heavy atom. The molecule has 6 heteroatoms. The van der Waals surface area contributed by atoms with Crippen molar-refractivity contribution in [3.8, 4) is 10.4 Å². The Labute approximate surface area is 179 Å². The van der Waals surface area contributed by atoms with Crippen LogP contribution >= 0.6 is 11.3 Å². The minimum Gasteiger partial charge on any atom is -0.369 e. The number of nitrogens with two attached hydrogens (primary N) is 1. The number of benzene rings is 2. The number of hydrogen-bond donors (Lipinski definition) is 1. The summed E-state index contributed by atoms with van der Waals surface area (Å²) < 4.78 is 13.4. The molecular weight excluding hydrogens is 399 g/mol. The lowest BCUT2D eigenvalue weighted by atomic mass is 9.79. The van der Waals surface area contributed by atoms with Gasteiger partial charge in [-0.2, -0.15) is 0 Å². The van der Waals surface area contributed by atoms with E-state index in [1.165, 1.54) is 12.1 Å². The van der Waals surface area contributed by atoms with E-state index in [4.69, 9.17) is 5.73 Å². The summed E-state index contributed by atoms with van der Waals surface area (Å²) in [4.78, 5) is 28.2. The van der Waals surface area contributed by atoms with Crippen LogP contribution in [0.15, 0.2) is 66.0 Å². The van der Waals surface area contributed by atoms with Crippen LogP contribution in [-0.2, 0) is 22.4 Å². The molecule has 0 bridgehead atoms. The van der Waals surface area contributed by atoms with E-state index in [-0.39, 0.29) is 30.6 Å². The van der Waals surface area contributed by atoms with Crippen LogP contribution < -0.4 is 5.73 Å². The summed E-state index contributed by atoms with van der Waals surface area (Å²) in [6, 6.07) is 18.1. The molecule has 1 aliphatic rings. The van der Waals surface area contributed by atoms with E-state index in [0.29, 0.717) is 24.9 Å². The van der Waals surface area contributed by atoms with Crippen molar-refractivity contribution >= 4 is 23.2 Å². The van der Waals surface area contributed by atoms with Crippen LogP contribution in [0.25, 0.3) is 10.4 Å². The maximum atomic E-state index is 13.4. The summed E-state index contributed by atoms with van der Waals surface area (Å²) in [5, 5.41) is 2.03. The van der Waals surface area contributed by atoms with Crippen molar-refractivity contribution in [1.29, 1.82) is 0 Å². The van der Waals surface area contributed by atoms with Gasteiger partial charge in [-0.15, -0.1) is 11.3 Å². The van der Waals surface area contributed by atoms with E-state index in [1.807, 2.05) is 29.6 Å². The molecule has 0 aliphatic carbocycles. The average Bonchev–Trinajstić information content (AvgIpc) is 3.39. The number of halogens is 1. The SMILES string of the molecule is NC(=O)C1(Cc2ccccc2-c2cccs2)CCN(C(=O)Cc2cccc(F)c2)C1. The molecule has 1 unspecified atom stereocenters. The number of thiophene rings is 1. The molecule has 1 fully saturated rings. The van der Waals surface area contributed by atoms with Gasteiger partial charge in [-0.25, -0.2) is 4.39 Å². The number of rotatable bonds is 6. The zero-order valence-corrected chi connectivity index (χ0v) is 17.3. The largest absolute Gasteiger partial charge is 0.369 e. The standard InChI is InChI=1S/C24H23FN2O2S/c25-19-7-3-5-17(13-19)14-22(28)27-11-10-24(16-27,23(26)29)15-18-6-1-2-8-20(18)21-9-4-12-30-21/h1-9,12-13H,10-11,14-16H2,(H2,26,29). The van der Waals surface area contributed by atoms with Crippen LogP contribution in [0.1, 0.15) is 17.5 Å². The van der Waals surface area contributed by atoms with Crippen LogP contribution in [-0.4, -0.2) is 29.8 Å². The number of carbonyl (C=O) groups excluding carboxylic acids is 2. The van der Waals surface area contributed by atoms with Gasteiger partial charge in [0.15, 0.2) is 0 Å². The molecule has 0 radical (unpaired) electrons. The van der Waals surface area contributed by atoms with E-state index >= 15 is 0 Å². The Morgan fingerprint density at radius 2 is 1.93 bits per heavy atom. The van der Waals surface area contributed by atoms with E-state index in [9.17, 15) is 14.0 Å². The first-order chi connectivity index (χ1) is 14.5. The average molecular weight is 423 g/mol. The minimum atomic E-state index is -0.801. The molecule has 3 aromatic rings. The van der Waals surface area contributed by atoms with Gasteiger partial charge in [0.1, 0.15) is 5.82 Å². The maximum Gasteiger partial charge on any atom is 0.227 e. The smallest absolute Gasteiger partial charge is 0.227 e. The van der Waals surface area contributed by atoms with E-state index in [2.05, 4.69) is 12.1 Å². The van der Waals surface area contributed by atoms with Crippen molar-refractivity contribution in [2.75, 3.05) is 13.1 Å². The minimum absolute atomic E-state index is 0.110. The summed E-state index contributed by atoms with van der Waals surface area (Å²) in [5.41, 5.74) is 7.83. The van der Waals surface area contributed by atoms with E-state index in [0.717, 1.165) is 16.0 Å². The van der Waals surface area contributed by atoms with Gasteiger partial charge in [-0.1, -0.05) is 42.5 Å². The Balaban J connectivity index is 1.54. The van der Waals surface area contributed by atoms with Crippen molar-refractivity contribution in [1.82, 2.24) is 4.90 Å². The van der Waals surface area contributed by atoms with Gasteiger partial charge in [0.05, 0.1) is 11.8 Å². The highest BCUT2D eigenvalue weighted by atomic mass is 32.1. The first-order valence-corrected chi connectivity index (χ1v) is 10.8. The summed E-state index contributed by atoms with van der Waals surface area (Å²) in [6.45, 7) is 0.757. The van der Waals surface area contributed by atoms with E-state index < -0.39 is 5.41 Å². The maximum absolute atomic E-state index is 13.4. The highest BCUT2D eigenvalue weighted by Crippen LogP contribution is 2.38. The quantitative estimate of drug-likeness (QED) is 0.652. The lowest BCUT2D eigenvalue weighted by Gasteiger charge is -2.27. The number of amides is 2. The predicted molar refractivity (Wildman–Crippen MR) is 116 cm³/mol. The van der Waals surface area contributed by atoms with Crippen molar-refractivity contribution in [3.63, 3.8) is 0 Å². The zero-order chi connectivity index (χ0) is 21.1. The van der Waals surface area contributed by atoms with Gasteiger partial charge in [0.25, 0.3) is 0 Å². The van der Waals surface area contributed by atoms with Gasteiger partial charge in [0, 0.05) is 18.0 Å². The molecular formula is C24H23FN2O2S. The third kappa shape index (κ3) is 4.14. The second kappa shape index (κ2) is 8.40. The van der Waals surface area contributed by atoms with Gasteiger partial charge < -0.3 is 10.6 Å². The Hall–Kier alpha value is -2.99. The summed E-state index contributed by atoms with van der Waals surface area (Å²) >= 11 is 1.65. The summed E-state index contributed by atoms with van der Waals surface area (Å²) in [6.07, 6.45) is 1.12. The molecule has 2 amide bonds. The van der Waals surface area contributed by atoms with Crippen molar-refractivity contribution in [2.45, 2.75) is 19.3 Å². The Morgan fingerprint density at radius 1 is 1.10 bits per heavy atom. The molecule has 30 heavy (non-hydrogen) atoms. The van der Waals surface area contributed by atoms with Gasteiger partial charge >= 0.3 is 0 Å². The van der Waals surface area contributed by atoms with Crippen molar-refractivity contribution in [2.24, 2.45) is 11.1 Å². The van der Waals surface area contributed by atoms with Crippen LogP contribution in [0.3, 0.4) is 0 Å². The van der Waals surface area contributed by atoms with Gasteiger partial charge in [0.2, 0.25) is 11.8 Å². The van der Waals surface area contributed by atoms with Crippen LogP contribution in [0.2, 0.25) is 0 Å². The highest BCUT2D eigenvalue weighted by Gasteiger charge is 2.45. The summed E-state index contributed by atoms with van der Waals surface area (Å²) in [7, 11) is 0. The monoisotopic (exact) mass is 422 g/mol. The molecule has 2 aromatic carbocycles. The molecule has 1 aliphatic heterocycles. The molecule has 2 heterocycles. The number of carbonyl (C=O) groups is 2. The molecule has 1 atom stereocenters. The lowest BCUT2D eigenvalue weighted by Crippen LogP contribution is -2.42. The molecule has 0 saturated carbocycles. The molecule has 4 nitrogen and oxygen atoms in total. The fourth-order valence-electron chi connectivity index (χ4n) is 4.16. The highest BCUT2D eigenvalue weighted by molar-refractivity contribution is 7.13. The topological polar surface area (TPSA) is 63.4 Å². The predicted octanol–water partition coefficient (Wildman–Crippen LogP) is 4.04. The van der Waals surface area contributed by atoms with Crippen LogP contribution in [0.5, 0.6) is 0 Å². The van der Waals surface area contributed by atoms with Crippen molar-refractivity contribution in [3.05, 3.63) is 83.0 Å². The van der Waals surface area contributed by atoms with Gasteiger partial charge in [-0.3, -0.25) is 9.59 Å². The second-order valence-corrected chi connectivity index (χ2v) is 8.78. The third-order valence-electron chi connectivity index (χ3n) is 5.81. The Kier molecular flexibility index (Phi) is 5.68. The molecule has 154 valence electrons. The first kappa shape index (κ1) is 20.3. The zero-order valence-electron chi connectivity index (χ0n) is 16.5. The molecule has 2 N–H and O–H groups in total. The Bertz CT molecular complexity index is 1070. The van der Waals surface area contributed by atoms with Crippen molar-refractivity contribution < 1.29 is 14.0 Å². The molecule has 1 aromatic heterocycles. The van der Waals surface area contributed by atoms with E-state index in [1.54, 1.807) is 28.4 Å². The first-order valence-electron chi connectivity index (χ1n) is 9.91. The number of likely N-dealkylation sites (tertiary alicyclic amines) is 1. The summed E-state index contributed by atoms with van der Waals surface area (Å²) in [5.74, 6) is -0.863. The molecule has 4 rings (SSSR count). The van der Waals surface area contributed by atoms with Crippen LogP contribution in [0.4, 0.5) is 4.39 Å². The van der Waals surface area contributed by atoms with Gasteiger partial charge in [-0.05, 0) is 53.1 Å². The fraction of sp³-hybridized carbons (Fsp3) is 0.250. The second-order valence-electron chi connectivity index (χ2n) is 7.83.